The summed E-state index contributed by atoms with van der Waals surface area (Å²) in [6, 6.07) is 3.87. The van der Waals surface area contributed by atoms with Crippen molar-refractivity contribution in [2.45, 2.75) is 30.6 Å². The molecule has 23 heavy (non-hydrogen) atoms. The molecule has 2 aromatic rings. The first-order chi connectivity index (χ1) is 11.3. The van der Waals surface area contributed by atoms with Crippen LogP contribution in [-0.2, 0) is 6.54 Å². The fraction of sp³-hybridized carbons (Fsp3) is 0.375. The maximum Gasteiger partial charge on any atom is 0.267 e. The normalized spacial score (nSPS) is 19.8. The first-order valence-electron chi connectivity index (χ1n) is 7.69. The van der Waals surface area contributed by atoms with E-state index < -0.39 is 0 Å². The zero-order chi connectivity index (χ0) is 15.8. The Morgan fingerprint density at radius 1 is 1.26 bits per heavy atom. The van der Waals surface area contributed by atoms with Crippen molar-refractivity contribution in [2.75, 3.05) is 12.3 Å². The Hall–Kier alpha value is -2.15. The van der Waals surface area contributed by atoms with Gasteiger partial charge in [-0.2, -0.15) is 0 Å². The van der Waals surface area contributed by atoms with Crippen LogP contribution in [0.4, 0.5) is 0 Å². The summed E-state index contributed by atoms with van der Waals surface area (Å²) in [6.45, 7) is 1.29. The number of hydrogen-bond acceptors (Lipinski definition) is 5. The number of fused-ring (bicyclic) bond motifs is 1. The topological polar surface area (TPSA) is 68.1 Å². The second-order valence-corrected chi connectivity index (χ2v) is 6.76. The summed E-state index contributed by atoms with van der Waals surface area (Å²) in [7, 11) is 0. The van der Waals surface area contributed by atoms with Crippen molar-refractivity contribution in [1.29, 1.82) is 0 Å². The van der Waals surface area contributed by atoms with Crippen LogP contribution in [0.1, 0.15) is 34.8 Å². The van der Waals surface area contributed by atoms with E-state index in [1.807, 2.05) is 12.1 Å². The van der Waals surface area contributed by atoms with Crippen molar-refractivity contribution in [3.05, 3.63) is 52.2 Å². The lowest BCUT2D eigenvalue weighted by atomic mass is 10.1. The largest absolute Gasteiger partial charge is 0.331 e. The second kappa shape index (κ2) is 5.81. The molecule has 118 valence electrons. The second-order valence-electron chi connectivity index (χ2n) is 5.70. The molecule has 2 aliphatic rings. The molecule has 4 heterocycles. The summed E-state index contributed by atoms with van der Waals surface area (Å²) in [5, 5.41) is 0.707. The van der Waals surface area contributed by atoms with Crippen LogP contribution in [-0.4, -0.2) is 37.6 Å². The monoisotopic (exact) mass is 328 g/mol. The Morgan fingerprint density at radius 2 is 2.09 bits per heavy atom. The van der Waals surface area contributed by atoms with E-state index in [0.717, 1.165) is 24.2 Å². The van der Waals surface area contributed by atoms with Gasteiger partial charge in [-0.15, -0.1) is 0 Å². The maximum absolute atomic E-state index is 12.9. The van der Waals surface area contributed by atoms with Crippen molar-refractivity contribution in [2.24, 2.45) is 0 Å². The van der Waals surface area contributed by atoms with Gasteiger partial charge < -0.3 is 4.90 Å². The van der Waals surface area contributed by atoms with Crippen LogP contribution in [0.25, 0.3) is 0 Å². The highest BCUT2D eigenvalue weighted by atomic mass is 32.2. The number of nitrogens with zero attached hydrogens (tertiary/aromatic N) is 4. The highest BCUT2D eigenvalue weighted by Crippen LogP contribution is 2.32. The molecule has 0 spiro atoms. The van der Waals surface area contributed by atoms with Gasteiger partial charge in [-0.05, 0) is 30.5 Å². The number of carbonyl (C=O) groups excluding carboxylic acids is 1. The van der Waals surface area contributed by atoms with Gasteiger partial charge >= 0.3 is 0 Å². The summed E-state index contributed by atoms with van der Waals surface area (Å²) in [6.07, 6.45) is 6.76. The summed E-state index contributed by atoms with van der Waals surface area (Å²) >= 11 is 1.55. The summed E-state index contributed by atoms with van der Waals surface area (Å²) in [4.78, 5) is 35.6. The highest BCUT2D eigenvalue weighted by Gasteiger charge is 2.32. The number of pyridine rings is 1. The predicted molar refractivity (Wildman–Crippen MR) is 86.5 cm³/mol. The average molecular weight is 328 g/mol. The minimum absolute atomic E-state index is 0.0116. The van der Waals surface area contributed by atoms with Crippen LogP contribution >= 0.6 is 11.8 Å². The minimum Gasteiger partial charge on any atom is -0.331 e. The van der Waals surface area contributed by atoms with Crippen LogP contribution < -0.4 is 5.56 Å². The zero-order valence-corrected chi connectivity index (χ0v) is 13.3. The highest BCUT2D eigenvalue weighted by molar-refractivity contribution is 7.99. The van der Waals surface area contributed by atoms with Crippen LogP contribution in [0.2, 0.25) is 0 Å². The van der Waals surface area contributed by atoms with E-state index in [-0.39, 0.29) is 23.1 Å². The number of carbonyl (C=O) groups is 1. The van der Waals surface area contributed by atoms with Gasteiger partial charge in [-0.25, -0.2) is 4.98 Å². The third-order valence-corrected chi connectivity index (χ3v) is 5.36. The SMILES string of the molecule is O=C(c1cnc2n(c1=O)CCS2)N1CCCC1c1ccncc1. The molecule has 1 atom stereocenters. The summed E-state index contributed by atoms with van der Waals surface area (Å²) < 4.78 is 1.61. The van der Waals surface area contributed by atoms with Crippen molar-refractivity contribution < 1.29 is 4.79 Å². The van der Waals surface area contributed by atoms with Crippen molar-refractivity contribution in [1.82, 2.24) is 19.4 Å². The number of likely N-dealkylation sites (tertiary alicyclic amines) is 1. The van der Waals surface area contributed by atoms with Crippen molar-refractivity contribution >= 4 is 17.7 Å². The molecule has 0 aromatic carbocycles. The smallest absolute Gasteiger partial charge is 0.267 e. The Bertz CT molecular complexity index is 805. The lowest BCUT2D eigenvalue weighted by Crippen LogP contribution is -2.36. The number of hydrogen-bond donors (Lipinski definition) is 0. The van der Waals surface area contributed by atoms with Crippen molar-refractivity contribution in [3.63, 3.8) is 0 Å². The number of aromatic nitrogens is 3. The Kier molecular flexibility index (Phi) is 3.65. The molecule has 7 heteroatoms. The van der Waals surface area contributed by atoms with E-state index in [4.69, 9.17) is 0 Å². The Labute approximate surface area is 137 Å². The lowest BCUT2D eigenvalue weighted by molar-refractivity contribution is 0.0732. The predicted octanol–water partition coefficient (Wildman–Crippen LogP) is 1.72. The molecule has 4 rings (SSSR count). The van der Waals surface area contributed by atoms with Gasteiger partial charge in [0.25, 0.3) is 11.5 Å². The van der Waals surface area contributed by atoms with E-state index >= 15 is 0 Å². The fourth-order valence-electron chi connectivity index (χ4n) is 3.26. The number of thioether (sulfide) groups is 1. The molecule has 2 aliphatic heterocycles. The van der Waals surface area contributed by atoms with Crippen LogP contribution in [0.3, 0.4) is 0 Å². The molecular weight excluding hydrogens is 312 g/mol. The quantitative estimate of drug-likeness (QED) is 0.785. The van der Waals surface area contributed by atoms with Crippen LogP contribution in [0.5, 0.6) is 0 Å². The Balaban J connectivity index is 1.68. The molecule has 1 amide bonds. The molecule has 2 aromatic heterocycles. The van der Waals surface area contributed by atoms with Gasteiger partial charge in [0.15, 0.2) is 5.16 Å². The van der Waals surface area contributed by atoms with E-state index in [2.05, 4.69) is 9.97 Å². The zero-order valence-electron chi connectivity index (χ0n) is 12.5. The Morgan fingerprint density at radius 3 is 2.91 bits per heavy atom. The first kappa shape index (κ1) is 14.4. The molecule has 0 saturated carbocycles. The molecule has 0 N–H and O–H groups in total. The van der Waals surface area contributed by atoms with Gasteiger partial charge in [0, 0.05) is 37.4 Å². The number of rotatable bonds is 2. The standard InChI is InChI=1S/C16H16N4O2S/c21-14(12-10-18-16-20(15(12)22)8-9-23-16)19-7-1-2-13(19)11-3-5-17-6-4-11/h3-6,10,13H,1-2,7-9H2. The molecule has 1 fully saturated rings. The van der Waals surface area contributed by atoms with Crippen molar-refractivity contribution in [3.8, 4) is 0 Å². The molecule has 0 aliphatic carbocycles. The molecule has 1 saturated heterocycles. The molecule has 0 bridgehead atoms. The molecule has 6 nitrogen and oxygen atoms in total. The van der Waals surface area contributed by atoms with E-state index in [0.29, 0.717) is 18.2 Å². The van der Waals surface area contributed by atoms with Gasteiger partial charge in [0.2, 0.25) is 0 Å². The summed E-state index contributed by atoms with van der Waals surface area (Å²) in [5.74, 6) is 0.623. The van der Waals surface area contributed by atoms with E-state index in [1.54, 1.807) is 33.6 Å². The third kappa shape index (κ3) is 2.45. The van der Waals surface area contributed by atoms with Gasteiger partial charge in [0.05, 0.1) is 6.04 Å². The maximum atomic E-state index is 12.9. The van der Waals surface area contributed by atoms with Gasteiger partial charge in [-0.1, -0.05) is 11.8 Å². The van der Waals surface area contributed by atoms with E-state index in [1.165, 1.54) is 6.20 Å². The van der Waals surface area contributed by atoms with E-state index in [9.17, 15) is 9.59 Å². The third-order valence-electron chi connectivity index (χ3n) is 4.39. The van der Waals surface area contributed by atoms with Gasteiger partial charge in [0.1, 0.15) is 5.56 Å². The molecule has 0 radical (unpaired) electrons. The average Bonchev–Trinajstić information content (AvgIpc) is 3.25. The first-order valence-corrected chi connectivity index (χ1v) is 8.68. The molecular formula is C16H16N4O2S. The summed E-state index contributed by atoms with van der Waals surface area (Å²) in [5.41, 5.74) is 1.03. The lowest BCUT2D eigenvalue weighted by Gasteiger charge is -2.24. The van der Waals surface area contributed by atoms with Crippen LogP contribution in [0, 0.1) is 0 Å². The van der Waals surface area contributed by atoms with Gasteiger partial charge in [-0.3, -0.25) is 19.1 Å². The fourth-order valence-corrected chi connectivity index (χ4v) is 4.17. The minimum atomic E-state index is -0.217. The number of amides is 1. The molecule has 1 unspecified atom stereocenters. The van der Waals surface area contributed by atoms with Crippen LogP contribution in [0.15, 0.2) is 40.7 Å².